The van der Waals surface area contributed by atoms with Crippen LogP contribution in [-0.2, 0) is 63.3 Å². The van der Waals surface area contributed by atoms with Crippen LogP contribution in [0.15, 0.2) is 24.3 Å². The van der Waals surface area contributed by atoms with Crippen molar-refractivity contribution in [1.29, 1.82) is 0 Å². The van der Waals surface area contributed by atoms with E-state index in [1.165, 1.54) is 44.1 Å². The molecule has 0 aliphatic heterocycles. The van der Waals surface area contributed by atoms with Gasteiger partial charge in [-0.1, -0.05) is 51.2 Å². The molecule has 0 heterocycles. The lowest BCUT2D eigenvalue weighted by atomic mass is 10.0. The highest BCUT2D eigenvalue weighted by atomic mass is 16.6. The fourth-order valence-electron chi connectivity index (χ4n) is 4.78. The van der Waals surface area contributed by atoms with Crippen LogP contribution in [0.1, 0.15) is 51.0 Å². The molecule has 0 unspecified atom stereocenters. The highest BCUT2D eigenvalue weighted by molar-refractivity contribution is 5.27. The summed E-state index contributed by atoms with van der Waals surface area (Å²) in [7, 11) is 1.90. The van der Waals surface area contributed by atoms with Crippen LogP contribution in [0.2, 0.25) is 0 Å². The number of nitrogens with one attached hydrogen (secondary N) is 1. The monoisotopic (exact) mass is 792 g/mol. The zero-order valence-electron chi connectivity index (χ0n) is 34.5. The molecule has 0 saturated carbocycles. The lowest BCUT2D eigenvalue weighted by Gasteiger charge is -2.09. The average Bonchev–Trinajstić information content (AvgIpc) is 3.20. The Labute approximate surface area is 332 Å². The molecule has 1 rings (SSSR count). The molecule has 0 aliphatic carbocycles. The van der Waals surface area contributed by atoms with Gasteiger partial charge in [-0.2, -0.15) is 0 Å². The summed E-state index contributed by atoms with van der Waals surface area (Å²) >= 11 is 0. The Morgan fingerprint density at radius 2 is 0.636 bits per heavy atom. The van der Waals surface area contributed by atoms with Crippen LogP contribution in [0.4, 0.5) is 0 Å². The quantitative estimate of drug-likeness (QED) is 0.0937. The van der Waals surface area contributed by atoms with E-state index in [0.717, 1.165) is 18.7 Å². The topological polar surface area (TPSA) is 132 Å². The van der Waals surface area contributed by atoms with Crippen LogP contribution >= 0.6 is 0 Å². The molecule has 14 nitrogen and oxygen atoms in total. The minimum absolute atomic E-state index is 0.510. The van der Waals surface area contributed by atoms with Gasteiger partial charge in [0, 0.05) is 6.54 Å². The third-order valence-corrected chi connectivity index (χ3v) is 7.83. The second-order valence-electron chi connectivity index (χ2n) is 12.5. The van der Waals surface area contributed by atoms with Crippen molar-refractivity contribution >= 4 is 0 Å². The van der Waals surface area contributed by atoms with Gasteiger partial charge >= 0.3 is 0 Å². The van der Waals surface area contributed by atoms with E-state index in [0.29, 0.717) is 165 Å². The first-order chi connectivity index (χ1) is 27.4. The number of rotatable bonds is 47. The number of hydrogen-bond donors (Lipinski definition) is 1. The van der Waals surface area contributed by atoms with Crippen molar-refractivity contribution in [3.8, 4) is 5.75 Å². The van der Waals surface area contributed by atoms with Crippen molar-refractivity contribution in [1.82, 2.24) is 5.32 Å². The van der Waals surface area contributed by atoms with Crippen LogP contribution in [0, 0.1) is 0 Å². The van der Waals surface area contributed by atoms with Crippen LogP contribution < -0.4 is 10.1 Å². The first-order valence-corrected chi connectivity index (χ1v) is 20.7. The first kappa shape index (κ1) is 51.5. The minimum Gasteiger partial charge on any atom is -0.491 e. The molecule has 0 amide bonds. The standard InChI is InChI=1S/C41H77NO13/c1-3-4-5-6-7-8-9-40-10-12-41(13-11-40)55-39-38-54-37-36-53-35-34-52-33-32-51-31-30-50-29-28-49-27-26-48-25-24-47-23-22-46-21-20-45-19-18-44-17-16-43-15-14-42-2/h10-13,42H,3-9,14-39H2,1-2H3. The predicted octanol–water partition coefficient (Wildman–Crippen LogP) is 4.39. The van der Waals surface area contributed by atoms with Gasteiger partial charge < -0.3 is 66.9 Å². The van der Waals surface area contributed by atoms with Crippen molar-refractivity contribution < 1.29 is 61.6 Å². The van der Waals surface area contributed by atoms with E-state index in [1.54, 1.807) is 0 Å². The molecule has 55 heavy (non-hydrogen) atoms. The van der Waals surface area contributed by atoms with E-state index in [-0.39, 0.29) is 0 Å². The van der Waals surface area contributed by atoms with E-state index in [9.17, 15) is 0 Å². The van der Waals surface area contributed by atoms with Crippen molar-refractivity contribution in [2.45, 2.75) is 51.9 Å². The first-order valence-electron chi connectivity index (χ1n) is 20.7. The maximum Gasteiger partial charge on any atom is 0.119 e. The van der Waals surface area contributed by atoms with Gasteiger partial charge in [0.25, 0.3) is 0 Å². The zero-order valence-corrected chi connectivity index (χ0v) is 34.5. The van der Waals surface area contributed by atoms with Gasteiger partial charge in [-0.15, -0.1) is 0 Å². The van der Waals surface area contributed by atoms with Crippen molar-refractivity contribution in [3.63, 3.8) is 0 Å². The van der Waals surface area contributed by atoms with Gasteiger partial charge in [0.15, 0.2) is 0 Å². The molecule has 0 aliphatic rings. The second-order valence-corrected chi connectivity index (χ2v) is 12.5. The van der Waals surface area contributed by atoms with Crippen LogP contribution in [0.3, 0.4) is 0 Å². The Balaban J connectivity index is 1.66. The average molecular weight is 792 g/mol. The number of benzene rings is 1. The Hall–Kier alpha value is -1.50. The second kappa shape index (κ2) is 45.2. The lowest BCUT2D eigenvalue weighted by Crippen LogP contribution is -2.17. The fourth-order valence-corrected chi connectivity index (χ4v) is 4.78. The smallest absolute Gasteiger partial charge is 0.119 e. The van der Waals surface area contributed by atoms with Crippen molar-refractivity contribution in [2.75, 3.05) is 179 Å². The van der Waals surface area contributed by atoms with Gasteiger partial charge in [0.05, 0.1) is 159 Å². The van der Waals surface area contributed by atoms with Gasteiger partial charge in [-0.05, 0) is 37.6 Å². The molecule has 0 radical (unpaired) electrons. The Bertz CT molecular complexity index is 856. The summed E-state index contributed by atoms with van der Waals surface area (Å²) in [6.07, 6.45) is 9.08. The molecular weight excluding hydrogens is 714 g/mol. The molecule has 0 fully saturated rings. The summed E-state index contributed by atoms with van der Waals surface area (Å²) in [6, 6.07) is 8.44. The molecule has 0 saturated heterocycles. The fraction of sp³-hybridized carbons (Fsp3) is 0.854. The van der Waals surface area contributed by atoms with E-state index in [2.05, 4.69) is 36.5 Å². The number of aryl methyl sites for hydroxylation is 1. The molecule has 14 heteroatoms. The van der Waals surface area contributed by atoms with Gasteiger partial charge in [-0.25, -0.2) is 0 Å². The third-order valence-electron chi connectivity index (χ3n) is 7.83. The Morgan fingerprint density at radius 1 is 0.345 bits per heavy atom. The Morgan fingerprint density at radius 3 is 0.964 bits per heavy atom. The third kappa shape index (κ3) is 40.5. The largest absolute Gasteiger partial charge is 0.491 e. The summed E-state index contributed by atoms with van der Waals surface area (Å²) in [4.78, 5) is 0. The molecular formula is C41H77NO13. The zero-order chi connectivity index (χ0) is 39.2. The number of likely N-dealkylation sites (N-methyl/N-ethyl adjacent to an activating group) is 1. The molecule has 0 spiro atoms. The van der Waals surface area contributed by atoms with Crippen LogP contribution in [0.5, 0.6) is 5.75 Å². The van der Waals surface area contributed by atoms with Crippen LogP contribution in [0.25, 0.3) is 0 Å². The van der Waals surface area contributed by atoms with Gasteiger partial charge in [0.1, 0.15) is 12.4 Å². The van der Waals surface area contributed by atoms with Crippen molar-refractivity contribution in [3.05, 3.63) is 29.8 Å². The summed E-state index contributed by atoms with van der Waals surface area (Å²) < 4.78 is 71.7. The lowest BCUT2D eigenvalue weighted by molar-refractivity contribution is -0.0285. The highest BCUT2D eigenvalue weighted by Gasteiger charge is 1.99. The number of unbranched alkanes of at least 4 members (excludes halogenated alkanes) is 5. The number of ether oxygens (including phenoxy) is 13. The highest BCUT2D eigenvalue weighted by Crippen LogP contribution is 2.15. The number of hydrogen-bond acceptors (Lipinski definition) is 14. The molecule has 0 aromatic heterocycles. The van der Waals surface area contributed by atoms with E-state index in [4.69, 9.17) is 61.6 Å². The molecule has 0 atom stereocenters. The molecule has 1 N–H and O–H groups in total. The van der Waals surface area contributed by atoms with Gasteiger partial charge in [-0.3, -0.25) is 0 Å². The minimum atomic E-state index is 0.510. The summed E-state index contributed by atoms with van der Waals surface area (Å²) in [6.45, 7) is 16.4. The molecule has 324 valence electrons. The maximum absolute atomic E-state index is 5.78. The van der Waals surface area contributed by atoms with E-state index in [1.807, 2.05) is 7.05 Å². The maximum atomic E-state index is 5.78. The van der Waals surface area contributed by atoms with Crippen molar-refractivity contribution in [2.24, 2.45) is 0 Å². The Kier molecular flexibility index (Phi) is 42.3. The van der Waals surface area contributed by atoms with Crippen LogP contribution in [-0.4, -0.2) is 179 Å². The summed E-state index contributed by atoms with van der Waals surface area (Å²) in [5.41, 5.74) is 1.38. The normalized spacial score (nSPS) is 11.5. The summed E-state index contributed by atoms with van der Waals surface area (Å²) in [5, 5.41) is 3.02. The predicted molar refractivity (Wildman–Crippen MR) is 213 cm³/mol. The van der Waals surface area contributed by atoms with E-state index < -0.39 is 0 Å². The summed E-state index contributed by atoms with van der Waals surface area (Å²) in [5.74, 6) is 0.885. The van der Waals surface area contributed by atoms with Gasteiger partial charge in [0.2, 0.25) is 0 Å². The van der Waals surface area contributed by atoms with E-state index >= 15 is 0 Å². The molecule has 1 aromatic carbocycles. The molecule has 0 bridgehead atoms. The SMILES string of the molecule is CCCCCCCCc1ccc(OCCOCCOCCOCCOCCOCCOCCOCCOCCOCCOCCOCCOCCNC)cc1. The molecule has 1 aromatic rings.